The highest BCUT2D eigenvalue weighted by Crippen LogP contribution is 2.27. The number of nitrogens with zero attached hydrogens (tertiary/aromatic N) is 3. The van der Waals surface area contributed by atoms with Gasteiger partial charge in [-0.3, -0.25) is 0 Å². The van der Waals surface area contributed by atoms with E-state index in [4.69, 9.17) is 0 Å². The van der Waals surface area contributed by atoms with Gasteiger partial charge >= 0.3 is 6.01 Å². The number of hydrogen-bond donors (Lipinski definition) is 1. The van der Waals surface area contributed by atoms with Crippen LogP contribution in [0, 0.1) is 0 Å². The van der Waals surface area contributed by atoms with Crippen molar-refractivity contribution in [3.05, 3.63) is 11.6 Å². The van der Waals surface area contributed by atoms with Gasteiger partial charge in [-0.25, -0.2) is 4.98 Å². The highest BCUT2D eigenvalue weighted by Gasteiger charge is 2.26. The van der Waals surface area contributed by atoms with E-state index in [1.165, 1.54) is 0 Å². The Hall–Kier alpha value is -1.19. The van der Waals surface area contributed by atoms with Gasteiger partial charge in [-0.1, -0.05) is 41.5 Å². The smallest absolute Gasteiger partial charge is 0.317 e. The molecule has 1 aromatic heterocycles. The van der Waals surface area contributed by atoms with E-state index >= 15 is 0 Å². The molecule has 0 spiro atoms. The molecule has 0 fully saturated rings. The zero-order valence-electron chi connectivity index (χ0n) is 11.0. The van der Waals surface area contributed by atoms with E-state index in [2.05, 4.69) is 35.7 Å². The van der Waals surface area contributed by atoms with E-state index in [1.807, 2.05) is 20.8 Å². The molecular formula is C12H21N3O. The van der Waals surface area contributed by atoms with Crippen LogP contribution in [0.25, 0.3) is 0 Å². The maximum absolute atomic E-state index is 9.55. The first-order chi connectivity index (χ1) is 7.16. The Bertz CT molecular complexity index is 380. The van der Waals surface area contributed by atoms with Crippen molar-refractivity contribution in [1.82, 2.24) is 15.0 Å². The lowest BCUT2D eigenvalue weighted by molar-refractivity contribution is 0.385. The van der Waals surface area contributed by atoms with Crippen LogP contribution in [-0.4, -0.2) is 20.1 Å². The van der Waals surface area contributed by atoms with Crippen molar-refractivity contribution in [3.8, 4) is 6.01 Å². The molecule has 0 saturated carbocycles. The molecule has 1 N–H and O–H groups in total. The molecule has 4 nitrogen and oxygen atoms in total. The summed E-state index contributed by atoms with van der Waals surface area (Å²) in [6.45, 7) is 12.3. The number of aromatic nitrogens is 3. The summed E-state index contributed by atoms with van der Waals surface area (Å²) in [6, 6.07) is -0.184. The van der Waals surface area contributed by atoms with Crippen molar-refractivity contribution < 1.29 is 5.11 Å². The monoisotopic (exact) mass is 223 g/mol. The van der Waals surface area contributed by atoms with Gasteiger partial charge in [-0.05, 0) is 6.42 Å². The van der Waals surface area contributed by atoms with Crippen molar-refractivity contribution in [3.63, 3.8) is 0 Å². The largest absolute Gasteiger partial charge is 0.479 e. The SMILES string of the molecule is CCC(C)(C)c1nc(O)nc(C(C)(C)C)n1. The van der Waals surface area contributed by atoms with Gasteiger partial charge in [0.1, 0.15) is 11.6 Å². The first kappa shape index (κ1) is 12.9. The van der Waals surface area contributed by atoms with E-state index in [0.717, 1.165) is 6.42 Å². The highest BCUT2D eigenvalue weighted by molar-refractivity contribution is 5.12. The maximum Gasteiger partial charge on any atom is 0.317 e. The minimum atomic E-state index is -0.184. The standard InChI is InChI=1S/C12H21N3O/c1-7-12(5,6)9-13-8(11(2,3)4)14-10(16)15-9/h7H2,1-6H3,(H,13,14,15,16). The molecule has 16 heavy (non-hydrogen) atoms. The van der Waals surface area contributed by atoms with Crippen LogP contribution >= 0.6 is 0 Å². The molecule has 0 amide bonds. The molecule has 0 saturated heterocycles. The van der Waals surface area contributed by atoms with E-state index in [-0.39, 0.29) is 16.8 Å². The summed E-state index contributed by atoms with van der Waals surface area (Å²) in [7, 11) is 0. The first-order valence-corrected chi connectivity index (χ1v) is 5.63. The van der Waals surface area contributed by atoms with Crippen LogP contribution in [0.2, 0.25) is 0 Å². The Morgan fingerprint density at radius 2 is 1.44 bits per heavy atom. The van der Waals surface area contributed by atoms with E-state index in [1.54, 1.807) is 0 Å². The van der Waals surface area contributed by atoms with Crippen LogP contribution in [-0.2, 0) is 10.8 Å². The average Bonchev–Trinajstić information content (AvgIpc) is 2.15. The van der Waals surface area contributed by atoms with Crippen LogP contribution in [0.3, 0.4) is 0 Å². The fourth-order valence-electron chi connectivity index (χ4n) is 1.16. The molecule has 90 valence electrons. The summed E-state index contributed by atoms with van der Waals surface area (Å²) < 4.78 is 0. The number of aromatic hydroxyl groups is 1. The molecule has 1 rings (SSSR count). The van der Waals surface area contributed by atoms with E-state index < -0.39 is 0 Å². The Balaban J connectivity index is 3.29. The number of hydrogen-bond acceptors (Lipinski definition) is 4. The third kappa shape index (κ3) is 2.68. The summed E-state index contributed by atoms with van der Waals surface area (Å²) in [4.78, 5) is 12.5. The average molecular weight is 223 g/mol. The summed E-state index contributed by atoms with van der Waals surface area (Å²) in [5.74, 6) is 1.30. The topological polar surface area (TPSA) is 58.9 Å². The summed E-state index contributed by atoms with van der Waals surface area (Å²) in [6.07, 6.45) is 0.917. The van der Waals surface area contributed by atoms with Crippen LogP contribution < -0.4 is 0 Å². The molecule has 1 aromatic rings. The lowest BCUT2D eigenvalue weighted by atomic mass is 9.88. The molecule has 0 aliphatic carbocycles. The molecule has 0 aromatic carbocycles. The van der Waals surface area contributed by atoms with E-state index in [9.17, 15) is 5.11 Å². The van der Waals surface area contributed by atoms with E-state index in [0.29, 0.717) is 11.6 Å². The molecule has 0 atom stereocenters. The minimum absolute atomic E-state index is 0.138. The van der Waals surface area contributed by atoms with Crippen LogP contribution in [0.15, 0.2) is 0 Å². The second kappa shape index (κ2) is 4.00. The second-order valence-corrected chi connectivity index (χ2v) is 5.77. The van der Waals surface area contributed by atoms with Gasteiger partial charge in [0.25, 0.3) is 0 Å². The molecule has 0 radical (unpaired) electrons. The van der Waals surface area contributed by atoms with Crippen LogP contribution in [0.4, 0.5) is 0 Å². The lowest BCUT2D eigenvalue weighted by Gasteiger charge is -2.23. The van der Waals surface area contributed by atoms with Gasteiger partial charge in [0.05, 0.1) is 0 Å². The molecule has 0 unspecified atom stereocenters. The van der Waals surface area contributed by atoms with Gasteiger partial charge in [0.15, 0.2) is 0 Å². The molecule has 0 bridgehead atoms. The lowest BCUT2D eigenvalue weighted by Crippen LogP contribution is -2.24. The maximum atomic E-state index is 9.55. The van der Waals surface area contributed by atoms with Gasteiger partial charge < -0.3 is 5.11 Å². The van der Waals surface area contributed by atoms with Crippen molar-refractivity contribution >= 4 is 0 Å². The molecule has 0 aliphatic rings. The summed E-state index contributed by atoms with van der Waals surface area (Å²) in [5, 5.41) is 9.55. The first-order valence-electron chi connectivity index (χ1n) is 5.63. The third-order valence-corrected chi connectivity index (χ3v) is 2.78. The van der Waals surface area contributed by atoms with Gasteiger partial charge in [-0.2, -0.15) is 9.97 Å². The second-order valence-electron chi connectivity index (χ2n) is 5.77. The zero-order valence-corrected chi connectivity index (χ0v) is 11.0. The summed E-state index contributed by atoms with van der Waals surface area (Å²) in [5.41, 5.74) is -0.320. The third-order valence-electron chi connectivity index (χ3n) is 2.78. The fraction of sp³-hybridized carbons (Fsp3) is 0.750. The van der Waals surface area contributed by atoms with Crippen LogP contribution in [0.5, 0.6) is 6.01 Å². The van der Waals surface area contributed by atoms with Crippen LogP contribution in [0.1, 0.15) is 59.6 Å². The van der Waals surface area contributed by atoms with Gasteiger partial charge in [0, 0.05) is 10.8 Å². The Labute approximate surface area is 97.2 Å². The van der Waals surface area contributed by atoms with Gasteiger partial charge in [0.2, 0.25) is 0 Å². The fourth-order valence-corrected chi connectivity index (χ4v) is 1.16. The van der Waals surface area contributed by atoms with Crippen molar-refractivity contribution in [2.75, 3.05) is 0 Å². The molecule has 1 heterocycles. The number of rotatable bonds is 2. The Kier molecular flexibility index (Phi) is 3.22. The molecule has 0 aliphatic heterocycles. The van der Waals surface area contributed by atoms with Crippen molar-refractivity contribution in [1.29, 1.82) is 0 Å². The normalized spacial score (nSPS) is 12.9. The minimum Gasteiger partial charge on any atom is -0.479 e. The Morgan fingerprint density at radius 3 is 1.88 bits per heavy atom. The van der Waals surface area contributed by atoms with Gasteiger partial charge in [-0.15, -0.1) is 0 Å². The highest BCUT2D eigenvalue weighted by atomic mass is 16.3. The predicted molar refractivity (Wildman–Crippen MR) is 63.5 cm³/mol. The molecular weight excluding hydrogens is 202 g/mol. The zero-order chi connectivity index (χ0) is 12.6. The molecule has 4 heteroatoms. The predicted octanol–water partition coefficient (Wildman–Crippen LogP) is 2.56. The quantitative estimate of drug-likeness (QED) is 0.837. The summed E-state index contributed by atoms with van der Waals surface area (Å²) >= 11 is 0. The Morgan fingerprint density at radius 1 is 0.938 bits per heavy atom. The van der Waals surface area contributed by atoms with Crippen molar-refractivity contribution in [2.24, 2.45) is 0 Å². The van der Waals surface area contributed by atoms with Crippen molar-refractivity contribution in [2.45, 2.75) is 58.8 Å².